The van der Waals surface area contributed by atoms with E-state index < -0.39 is 0 Å². The van der Waals surface area contributed by atoms with E-state index in [1.165, 1.54) is 11.8 Å². The van der Waals surface area contributed by atoms with Gasteiger partial charge in [-0.05, 0) is 31.2 Å². The van der Waals surface area contributed by atoms with Crippen molar-refractivity contribution in [3.63, 3.8) is 0 Å². The van der Waals surface area contributed by atoms with Gasteiger partial charge in [0, 0.05) is 4.90 Å². The van der Waals surface area contributed by atoms with E-state index in [1.807, 2.05) is 18.2 Å². The molecule has 0 aliphatic heterocycles. The van der Waals surface area contributed by atoms with Crippen LogP contribution in [0.3, 0.4) is 0 Å². The highest BCUT2D eigenvalue weighted by Gasteiger charge is 2.16. The van der Waals surface area contributed by atoms with Gasteiger partial charge in [-0.25, -0.2) is 0 Å². The molecule has 0 saturated heterocycles. The summed E-state index contributed by atoms with van der Waals surface area (Å²) in [7, 11) is 0. The van der Waals surface area contributed by atoms with Gasteiger partial charge in [0.15, 0.2) is 0 Å². The fraction of sp³-hybridized carbons (Fsp3) is 0.125. The Morgan fingerprint density at radius 1 is 1.24 bits per heavy atom. The summed E-state index contributed by atoms with van der Waals surface area (Å²) in [5.41, 5.74) is 0.970. The molecule has 0 bridgehead atoms. The van der Waals surface area contributed by atoms with Gasteiger partial charge in [-0.2, -0.15) is 5.26 Å². The van der Waals surface area contributed by atoms with Gasteiger partial charge in [-0.1, -0.05) is 35.9 Å². The fourth-order valence-corrected chi connectivity index (χ4v) is 2.86. The van der Waals surface area contributed by atoms with Crippen LogP contribution in [0.1, 0.15) is 12.5 Å². The van der Waals surface area contributed by atoms with Crippen molar-refractivity contribution in [2.24, 2.45) is 0 Å². The number of nitrogens with zero attached hydrogens (tertiary/aromatic N) is 1. The average Bonchev–Trinajstić information content (AvgIpc) is 2.50. The Labute approximate surface area is 132 Å². The predicted molar refractivity (Wildman–Crippen MR) is 86.6 cm³/mol. The van der Waals surface area contributed by atoms with Crippen LogP contribution < -0.4 is 5.32 Å². The molecule has 1 amide bonds. The zero-order chi connectivity index (χ0) is 15.2. The van der Waals surface area contributed by atoms with Crippen molar-refractivity contribution in [2.45, 2.75) is 17.1 Å². The lowest BCUT2D eigenvalue weighted by atomic mass is 10.2. The second-order valence-electron chi connectivity index (χ2n) is 4.34. The standard InChI is InChI=1S/C16H13ClN2OS/c1-11(21-15-9-5-3-7-13(15)17)16(20)19-14-8-4-2-6-12(14)10-18/h2-9,11H,1H3,(H,19,20)/t11-/m0/s1. The van der Waals surface area contributed by atoms with Gasteiger partial charge in [-0.3, -0.25) is 4.79 Å². The predicted octanol–water partition coefficient (Wildman–Crippen LogP) is 4.33. The molecule has 0 aromatic heterocycles. The summed E-state index contributed by atoms with van der Waals surface area (Å²) in [6.45, 7) is 1.80. The Kier molecular flexibility index (Phi) is 5.26. The summed E-state index contributed by atoms with van der Waals surface area (Å²) in [4.78, 5) is 13.1. The third kappa shape index (κ3) is 4.01. The van der Waals surface area contributed by atoms with Crippen molar-refractivity contribution >= 4 is 35.0 Å². The first-order valence-electron chi connectivity index (χ1n) is 6.33. The maximum absolute atomic E-state index is 12.2. The fourth-order valence-electron chi connectivity index (χ4n) is 1.71. The van der Waals surface area contributed by atoms with Crippen LogP contribution in [-0.2, 0) is 4.79 Å². The van der Waals surface area contributed by atoms with Gasteiger partial charge in [0.05, 0.1) is 21.5 Å². The molecule has 0 unspecified atom stereocenters. The topological polar surface area (TPSA) is 52.9 Å². The second-order valence-corrected chi connectivity index (χ2v) is 6.13. The van der Waals surface area contributed by atoms with Crippen molar-refractivity contribution < 1.29 is 4.79 Å². The number of para-hydroxylation sites is 1. The Morgan fingerprint density at radius 3 is 2.62 bits per heavy atom. The molecule has 0 saturated carbocycles. The number of amides is 1. The minimum Gasteiger partial charge on any atom is -0.324 e. The molecule has 2 rings (SSSR count). The van der Waals surface area contributed by atoms with Crippen LogP contribution in [0.2, 0.25) is 5.02 Å². The summed E-state index contributed by atoms with van der Waals surface area (Å²) < 4.78 is 0. The first-order chi connectivity index (χ1) is 10.1. The lowest BCUT2D eigenvalue weighted by molar-refractivity contribution is -0.115. The monoisotopic (exact) mass is 316 g/mol. The summed E-state index contributed by atoms with van der Waals surface area (Å²) in [5.74, 6) is -0.164. The lowest BCUT2D eigenvalue weighted by Gasteiger charge is -2.13. The number of benzene rings is 2. The molecule has 2 aromatic rings. The highest BCUT2D eigenvalue weighted by molar-refractivity contribution is 8.00. The highest BCUT2D eigenvalue weighted by Crippen LogP contribution is 2.30. The van der Waals surface area contributed by atoms with Crippen molar-refractivity contribution in [3.8, 4) is 6.07 Å². The van der Waals surface area contributed by atoms with Crippen LogP contribution in [-0.4, -0.2) is 11.2 Å². The summed E-state index contributed by atoms with van der Waals surface area (Å²) in [5, 5.41) is 12.1. The average molecular weight is 317 g/mol. The number of hydrogen-bond acceptors (Lipinski definition) is 3. The minimum absolute atomic E-state index is 0.164. The van der Waals surface area contributed by atoms with E-state index in [0.29, 0.717) is 16.3 Å². The zero-order valence-electron chi connectivity index (χ0n) is 11.3. The molecular weight excluding hydrogens is 304 g/mol. The zero-order valence-corrected chi connectivity index (χ0v) is 12.9. The first kappa shape index (κ1) is 15.4. The van der Waals surface area contributed by atoms with Gasteiger partial charge in [0.25, 0.3) is 0 Å². The quantitative estimate of drug-likeness (QED) is 0.854. The molecule has 1 atom stereocenters. The van der Waals surface area contributed by atoms with E-state index in [2.05, 4.69) is 11.4 Å². The third-order valence-corrected chi connectivity index (χ3v) is 4.43. The molecule has 0 aliphatic rings. The number of carbonyl (C=O) groups excluding carboxylic acids is 1. The Bertz CT molecular complexity index is 697. The van der Waals surface area contributed by atoms with Crippen LogP contribution in [0.15, 0.2) is 53.4 Å². The largest absolute Gasteiger partial charge is 0.324 e. The Hall–Kier alpha value is -1.96. The van der Waals surface area contributed by atoms with E-state index in [0.717, 1.165) is 4.90 Å². The SMILES string of the molecule is C[C@H](Sc1ccccc1Cl)C(=O)Nc1ccccc1C#N. The van der Waals surface area contributed by atoms with Crippen molar-refractivity contribution in [1.29, 1.82) is 5.26 Å². The number of rotatable bonds is 4. The number of nitrogens with one attached hydrogen (secondary N) is 1. The number of hydrogen-bond donors (Lipinski definition) is 1. The van der Waals surface area contributed by atoms with Crippen LogP contribution in [0.4, 0.5) is 5.69 Å². The van der Waals surface area contributed by atoms with E-state index in [4.69, 9.17) is 16.9 Å². The number of carbonyl (C=O) groups is 1. The second kappa shape index (κ2) is 7.16. The molecule has 3 nitrogen and oxygen atoms in total. The number of anilines is 1. The molecule has 0 fully saturated rings. The van der Waals surface area contributed by atoms with E-state index in [1.54, 1.807) is 37.3 Å². The molecule has 1 N–H and O–H groups in total. The molecule has 0 aliphatic carbocycles. The van der Waals surface area contributed by atoms with Gasteiger partial charge in [0.1, 0.15) is 6.07 Å². The van der Waals surface area contributed by atoms with Crippen LogP contribution in [0.5, 0.6) is 0 Å². The minimum atomic E-state index is -0.323. The van der Waals surface area contributed by atoms with Gasteiger partial charge in [0.2, 0.25) is 5.91 Å². The maximum atomic E-state index is 12.2. The molecule has 0 heterocycles. The maximum Gasteiger partial charge on any atom is 0.237 e. The molecular formula is C16H13ClN2OS. The summed E-state index contributed by atoms with van der Waals surface area (Å²) in [6, 6.07) is 16.4. The molecule has 0 radical (unpaired) electrons. The molecule has 21 heavy (non-hydrogen) atoms. The van der Waals surface area contributed by atoms with Crippen molar-refractivity contribution in [2.75, 3.05) is 5.32 Å². The van der Waals surface area contributed by atoms with Crippen LogP contribution in [0, 0.1) is 11.3 Å². The molecule has 2 aromatic carbocycles. The van der Waals surface area contributed by atoms with Gasteiger partial charge < -0.3 is 5.32 Å². The summed E-state index contributed by atoms with van der Waals surface area (Å²) >= 11 is 7.47. The van der Waals surface area contributed by atoms with Crippen LogP contribution in [0.25, 0.3) is 0 Å². The first-order valence-corrected chi connectivity index (χ1v) is 7.58. The van der Waals surface area contributed by atoms with E-state index in [-0.39, 0.29) is 11.2 Å². The Morgan fingerprint density at radius 2 is 1.90 bits per heavy atom. The third-order valence-electron chi connectivity index (χ3n) is 2.82. The Balaban J connectivity index is 2.07. The number of thioether (sulfide) groups is 1. The smallest absolute Gasteiger partial charge is 0.237 e. The van der Waals surface area contributed by atoms with E-state index in [9.17, 15) is 4.79 Å². The van der Waals surface area contributed by atoms with Gasteiger partial charge >= 0.3 is 0 Å². The van der Waals surface area contributed by atoms with Crippen molar-refractivity contribution in [1.82, 2.24) is 0 Å². The highest BCUT2D eigenvalue weighted by atomic mass is 35.5. The van der Waals surface area contributed by atoms with Crippen molar-refractivity contribution in [3.05, 3.63) is 59.1 Å². The summed E-state index contributed by atoms with van der Waals surface area (Å²) in [6.07, 6.45) is 0. The number of nitriles is 1. The molecule has 0 spiro atoms. The van der Waals surface area contributed by atoms with E-state index >= 15 is 0 Å². The normalized spacial score (nSPS) is 11.5. The molecule has 106 valence electrons. The number of halogens is 1. The molecule has 5 heteroatoms. The van der Waals surface area contributed by atoms with Crippen LogP contribution >= 0.6 is 23.4 Å². The van der Waals surface area contributed by atoms with Gasteiger partial charge in [-0.15, -0.1) is 11.8 Å². The lowest BCUT2D eigenvalue weighted by Crippen LogP contribution is -2.22.